The van der Waals surface area contributed by atoms with Gasteiger partial charge >= 0.3 is 167 Å². The number of rotatable bonds is 4. The van der Waals surface area contributed by atoms with Crippen LogP contribution in [0.1, 0.15) is 0 Å². The Labute approximate surface area is 166 Å². The predicted octanol–water partition coefficient (Wildman–Crippen LogP) is 1.76. The Hall–Kier alpha value is -3.55. The SMILES string of the molecule is NC(N)=Nc1ccc(-c2ccc(-c3nc4ccc(N=C(N)N)cc4[nH]3)[se]2)cc1. The molecule has 0 radical (unpaired) electrons. The van der Waals surface area contributed by atoms with Gasteiger partial charge in [-0.2, -0.15) is 0 Å². The maximum absolute atomic E-state index is 5.45. The van der Waals surface area contributed by atoms with E-state index >= 15 is 0 Å². The molecule has 2 aromatic carbocycles. The first kappa shape index (κ1) is 17.8. The number of guanidine groups is 2. The topological polar surface area (TPSA) is 157 Å². The second kappa shape index (κ2) is 7.22. The number of hydrogen-bond acceptors (Lipinski definition) is 3. The van der Waals surface area contributed by atoms with Crippen molar-refractivity contribution < 1.29 is 0 Å². The fraction of sp³-hybridized carbons (Fsp3) is 0. The third-order valence-corrected chi connectivity index (χ3v) is 6.37. The average molecular weight is 437 g/mol. The van der Waals surface area contributed by atoms with E-state index in [1.807, 2.05) is 42.5 Å². The van der Waals surface area contributed by atoms with E-state index in [-0.39, 0.29) is 26.4 Å². The minimum absolute atomic E-state index is 0.0284. The number of hydrogen-bond donors (Lipinski definition) is 5. The quantitative estimate of drug-likeness (QED) is 0.187. The van der Waals surface area contributed by atoms with Gasteiger partial charge in [-0.05, 0) is 0 Å². The first-order chi connectivity index (χ1) is 13.5. The van der Waals surface area contributed by atoms with Crippen LogP contribution in [-0.4, -0.2) is 36.4 Å². The van der Waals surface area contributed by atoms with Crippen LogP contribution >= 0.6 is 0 Å². The Balaban J connectivity index is 1.63. The van der Waals surface area contributed by atoms with Gasteiger partial charge in [0.05, 0.1) is 0 Å². The first-order valence-electron chi connectivity index (χ1n) is 8.37. The van der Waals surface area contributed by atoms with Gasteiger partial charge < -0.3 is 0 Å². The summed E-state index contributed by atoms with van der Waals surface area (Å²) in [6, 6.07) is 17.7. The molecule has 4 aromatic rings. The summed E-state index contributed by atoms with van der Waals surface area (Å²) in [5.41, 5.74) is 26.0. The maximum atomic E-state index is 5.45. The number of fused-ring (bicyclic) bond motifs is 1. The van der Waals surface area contributed by atoms with Crippen LogP contribution in [0.25, 0.3) is 31.3 Å². The molecule has 0 unspecified atom stereocenters. The summed E-state index contributed by atoms with van der Waals surface area (Å²) < 4.78 is 2.44. The Morgan fingerprint density at radius 1 is 0.786 bits per heavy atom. The zero-order valence-corrected chi connectivity index (χ0v) is 16.5. The van der Waals surface area contributed by atoms with Gasteiger partial charge in [0.1, 0.15) is 0 Å². The van der Waals surface area contributed by atoms with Crippen LogP contribution in [0, 0.1) is 0 Å². The molecule has 9 N–H and O–H groups in total. The molecule has 0 spiro atoms. The van der Waals surface area contributed by atoms with Gasteiger partial charge in [-0.3, -0.25) is 0 Å². The van der Waals surface area contributed by atoms with Crippen LogP contribution in [0.2, 0.25) is 0 Å². The molecule has 28 heavy (non-hydrogen) atoms. The standard InChI is InChI=1S/C19H18N8Se/c20-18(21)24-11-3-1-10(2-4-11)15-7-8-16(28-15)17-26-13-6-5-12(25-19(22)23)9-14(13)27-17/h1-9H,(H,26,27)(H4,20,21,24)(H4,22,23,25). The van der Waals surface area contributed by atoms with Crippen molar-refractivity contribution in [1.82, 2.24) is 9.97 Å². The van der Waals surface area contributed by atoms with E-state index in [4.69, 9.17) is 27.9 Å². The van der Waals surface area contributed by atoms with E-state index in [0.717, 1.165) is 28.1 Å². The van der Waals surface area contributed by atoms with Crippen molar-refractivity contribution in [2.75, 3.05) is 0 Å². The second-order valence-corrected chi connectivity index (χ2v) is 8.34. The van der Waals surface area contributed by atoms with Crippen LogP contribution < -0.4 is 22.9 Å². The summed E-state index contributed by atoms with van der Waals surface area (Å²) in [6.45, 7) is 0. The number of benzene rings is 2. The van der Waals surface area contributed by atoms with Crippen molar-refractivity contribution in [3.05, 3.63) is 54.6 Å². The fourth-order valence-corrected chi connectivity index (χ4v) is 4.81. The van der Waals surface area contributed by atoms with E-state index in [9.17, 15) is 0 Å². The summed E-state index contributed by atoms with van der Waals surface area (Å²) in [6.07, 6.45) is 0. The number of H-pyrrole nitrogens is 1. The molecular weight excluding hydrogens is 419 g/mol. The number of aliphatic imine (C=N–C) groups is 2. The minimum atomic E-state index is 0.0284. The molecule has 0 amide bonds. The van der Waals surface area contributed by atoms with Crippen molar-refractivity contribution >= 4 is 48.8 Å². The Bertz CT molecular complexity index is 1190. The van der Waals surface area contributed by atoms with Crippen LogP contribution in [0.5, 0.6) is 0 Å². The molecule has 0 bridgehead atoms. The summed E-state index contributed by atoms with van der Waals surface area (Å²) in [5, 5.41) is 0. The summed E-state index contributed by atoms with van der Waals surface area (Å²) in [4.78, 5) is 16.2. The van der Waals surface area contributed by atoms with Gasteiger partial charge in [0, 0.05) is 0 Å². The average Bonchev–Trinajstić information content (AvgIpc) is 3.27. The normalized spacial score (nSPS) is 10.7. The molecule has 0 saturated carbocycles. The zero-order valence-electron chi connectivity index (χ0n) is 14.8. The predicted molar refractivity (Wildman–Crippen MR) is 115 cm³/mol. The van der Waals surface area contributed by atoms with Crippen molar-refractivity contribution in [2.24, 2.45) is 32.9 Å². The van der Waals surface area contributed by atoms with Crippen LogP contribution in [0.15, 0.2) is 64.6 Å². The van der Waals surface area contributed by atoms with Gasteiger partial charge in [0.2, 0.25) is 0 Å². The Morgan fingerprint density at radius 3 is 2.14 bits per heavy atom. The van der Waals surface area contributed by atoms with Gasteiger partial charge in [-0.25, -0.2) is 0 Å². The molecule has 8 nitrogen and oxygen atoms in total. The molecule has 0 aliphatic rings. The third kappa shape index (κ3) is 3.75. The van der Waals surface area contributed by atoms with Crippen LogP contribution in [0.3, 0.4) is 0 Å². The molecule has 9 heteroatoms. The van der Waals surface area contributed by atoms with E-state index in [2.05, 4.69) is 27.1 Å². The van der Waals surface area contributed by atoms with Gasteiger partial charge in [0.15, 0.2) is 0 Å². The second-order valence-electron chi connectivity index (χ2n) is 6.07. The third-order valence-electron chi connectivity index (χ3n) is 3.97. The van der Waals surface area contributed by atoms with E-state index in [0.29, 0.717) is 5.69 Å². The molecule has 140 valence electrons. The molecule has 0 fully saturated rings. The molecule has 0 saturated heterocycles. The molecule has 0 aliphatic carbocycles. The molecule has 2 heterocycles. The molecule has 0 aliphatic heterocycles. The van der Waals surface area contributed by atoms with Gasteiger partial charge in [-0.15, -0.1) is 0 Å². The van der Waals surface area contributed by atoms with Crippen molar-refractivity contribution in [3.8, 4) is 20.3 Å². The van der Waals surface area contributed by atoms with Crippen molar-refractivity contribution in [1.29, 1.82) is 0 Å². The molecule has 2 aromatic heterocycles. The van der Waals surface area contributed by atoms with Gasteiger partial charge in [0.25, 0.3) is 0 Å². The Kier molecular flexibility index (Phi) is 4.60. The summed E-state index contributed by atoms with van der Waals surface area (Å²) >= 11 is 0.133. The number of nitrogens with two attached hydrogens (primary N) is 4. The summed E-state index contributed by atoms with van der Waals surface area (Å²) in [7, 11) is 0. The monoisotopic (exact) mass is 438 g/mol. The van der Waals surface area contributed by atoms with Crippen molar-refractivity contribution in [3.63, 3.8) is 0 Å². The number of nitrogens with zero attached hydrogens (tertiary/aromatic N) is 3. The van der Waals surface area contributed by atoms with E-state index in [1.165, 1.54) is 8.87 Å². The van der Waals surface area contributed by atoms with E-state index < -0.39 is 0 Å². The number of aromatic nitrogens is 2. The number of nitrogens with one attached hydrogen (secondary N) is 1. The molecular formula is C19H18N8Se. The zero-order chi connectivity index (χ0) is 19.7. The van der Waals surface area contributed by atoms with Gasteiger partial charge in [-0.1, -0.05) is 0 Å². The van der Waals surface area contributed by atoms with Crippen LogP contribution in [-0.2, 0) is 0 Å². The van der Waals surface area contributed by atoms with E-state index in [1.54, 1.807) is 0 Å². The molecule has 4 rings (SSSR count). The van der Waals surface area contributed by atoms with Crippen LogP contribution in [0.4, 0.5) is 11.4 Å². The number of imidazole rings is 1. The number of aromatic amines is 1. The fourth-order valence-electron chi connectivity index (χ4n) is 2.80. The first-order valence-corrected chi connectivity index (χ1v) is 10.1. The summed E-state index contributed by atoms with van der Waals surface area (Å²) in [5.74, 6) is 0.940. The van der Waals surface area contributed by atoms with Crippen molar-refractivity contribution in [2.45, 2.75) is 0 Å². The Morgan fingerprint density at radius 2 is 1.43 bits per heavy atom. The molecule has 0 atom stereocenters.